The number of nitrogens with one attached hydrogen (secondary N) is 2. The molecule has 2 aromatic heterocycles. The normalized spacial score (nSPS) is 11.6. The van der Waals surface area contributed by atoms with Crippen LogP contribution in [0.3, 0.4) is 0 Å². The smallest absolute Gasteiger partial charge is 0.245 e. The molecule has 18 heavy (non-hydrogen) atoms. The largest absolute Gasteiger partial charge is 0.383 e. The molecule has 7 nitrogen and oxygen atoms in total. The predicted molar refractivity (Wildman–Crippen MR) is 66.1 cm³/mol. The van der Waals surface area contributed by atoms with Crippen molar-refractivity contribution < 1.29 is 8.42 Å². The molecule has 0 aliphatic carbocycles. The van der Waals surface area contributed by atoms with Crippen LogP contribution in [0, 0.1) is 0 Å². The van der Waals surface area contributed by atoms with Gasteiger partial charge in [0.15, 0.2) is 0 Å². The highest BCUT2D eigenvalue weighted by molar-refractivity contribution is 7.89. The molecule has 8 heteroatoms. The average molecular weight is 267 g/mol. The number of pyridine rings is 1. The van der Waals surface area contributed by atoms with E-state index in [4.69, 9.17) is 5.73 Å². The number of hydrogen-bond acceptors (Lipinski definition) is 5. The number of H-pyrrole nitrogens is 1. The van der Waals surface area contributed by atoms with Gasteiger partial charge in [-0.2, -0.15) is 5.10 Å². The van der Waals surface area contributed by atoms with E-state index in [2.05, 4.69) is 19.9 Å². The second-order valence-electron chi connectivity index (χ2n) is 3.62. The van der Waals surface area contributed by atoms with Crippen LogP contribution in [0.15, 0.2) is 35.5 Å². The van der Waals surface area contributed by atoms with Gasteiger partial charge in [-0.3, -0.25) is 10.1 Å². The van der Waals surface area contributed by atoms with Crippen LogP contribution in [-0.4, -0.2) is 30.1 Å². The minimum absolute atomic E-state index is 0.0281. The fourth-order valence-corrected chi connectivity index (χ4v) is 2.49. The molecule has 0 spiro atoms. The van der Waals surface area contributed by atoms with Gasteiger partial charge in [-0.25, -0.2) is 13.1 Å². The summed E-state index contributed by atoms with van der Waals surface area (Å²) in [5.41, 5.74) is 6.28. The second kappa shape index (κ2) is 5.15. The minimum Gasteiger partial charge on any atom is -0.383 e. The van der Waals surface area contributed by atoms with Gasteiger partial charge < -0.3 is 5.73 Å². The van der Waals surface area contributed by atoms with E-state index in [0.717, 1.165) is 5.69 Å². The highest BCUT2D eigenvalue weighted by atomic mass is 32.2. The molecule has 0 unspecified atom stereocenters. The fraction of sp³-hybridized carbons (Fsp3) is 0.200. The third-order valence-corrected chi connectivity index (χ3v) is 3.81. The number of nitrogens with two attached hydrogens (primary N) is 1. The molecule has 0 atom stereocenters. The van der Waals surface area contributed by atoms with Gasteiger partial charge >= 0.3 is 0 Å². The predicted octanol–water partition coefficient (Wildman–Crippen LogP) is -0.0921. The first-order chi connectivity index (χ1) is 8.59. The van der Waals surface area contributed by atoms with Gasteiger partial charge in [0.1, 0.15) is 10.7 Å². The molecular weight excluding hydrogens is 254 g/mol. The van der Waals surface area contributed by atoms with Gasteiger partial charge in [0, 0.05) is 24.9 Å². The molecule has 0 amide bonds. The molecular formula is C10H13N5O2S. The number of aromatic amines is 1. The van der Waals surface area contributed by atoms with Gasteiger partial charge in [0.05, 0.1) is 6.20 Å². The summed E-state index contributed by atoms with van der Waals surface area (Å²) in [4.78, 5) is 4.06. The topological polar surface area (TPSA) is 114 Å². The van der Waals surface area contributed by atoms with Crippen molar-refractivity contribution in [1.82, 2.24) is 19.9 Å². The quantitative estimate of drug-likeness (QED) is 0.700. The first-order valence-corrected chi connectivity index (χ1v) is 6.76. The number of nitrogens with zero attached hydrogens (tertiary/aromatic N) is 2. The van der Waals surface area contributed by atoms with Crippen molar-refractivity contribution >= 4 is 15.8 Å². The van der Waals surface area contributed by atoms with E-state index < -0.39 is 10.0 Å². The monoisotopic (exact) mass is 267 g/mol. The van der Waals surface area contributed by atoms with E-state index in [-0.39, 0.29) is 17.3 Å². The molecule has 0 bridgehead atoms. The Bertz CT molecular complexity index is 608. The van der Waals surface area contributed by atoms with E-state index >= 15 is 0 Å². The Balaban J connectivity index is 1.97. The van der Waals surface area contributed by atoms with E-state index in [1.807, 2.05) is 12.1 Å². The van der Waals surface area contributed by atoms with E-state index in [1.54, 1.807) is 12.3 Å². The summed E-state index contributed by atoms with van der Waals surface area (Å²) in [5.74, 6) is 0.0281. The van der Waals surface area contributed by atoms with Crippen molar-refractivity contribution in [2.24, 2.45) is 0 Å². The fourth-order valence-electron chi connectivity index (χ4n) is 1.44. The maximum absolute atomic E-state index is 11.8. The summed E-state index contributed by atoms with van der Waals surface area (Å²) in [6.45, 7) is 0.254. The lowest BCUT2D eigenvalue weighted by molar-refractivity contribution is 0.582. The summed E-state index contributed by atoms with van der Waals surface area (Å²) in [6.07, 6.45) is 3.36. The van der Waals surface area contributed by atoms with Crippen LogP contribution >= 0.6 is 0 Å². The van der Waals surface area contributed by atoms with E-state index in [9.17, 15) is 8.42 Å². The Kier molecular flexibility index (Phi) is 3.58. The van der Waals surface area contributed by atoms with Gasteiger partial charge in [0.25, 0.3) is 0 Å². The third kappa shape index (κ3) is 2.84. The number of rotatable bonds is 5. The molecule has 2 heterocycles. The maximum Gasteiger partial charge on any atom is 0.245 e. The van der Waals surface area contributed by atoms with Crippen molar-refractivity contribution in [3.8, 4) is 0 Å². The minimum atomic E-state index is -3.61. The highest BCUT2D eigenvalue weighted by Gasteiger charge is 2.18. The Morgan fingerprint density at radius 1 is 1.39 bits per heavy atom. The first kappa shape index (κ1) is 12.5. The molecule has 0 aromatic carbocycles. The molecule has 0 fully saturated rings. The van der Waals surface area contributed by atoms with E-state index in [1.165, 1.54) is 6.20 Å². The summed E-state index contributed by atoms with van der Waals surface area (Å²) in [5, 5.41) is 5.95. The molecule has 4 N–H and O–H groups in total. The SMILES string of the molecule is Nc1[nH]ncc1S(=O)(=O)NCCc1ccccn1. The number of hydrogen-bond donors (Lipinski definition) is 3. The average Bonchev–Trinajstić information content (AvgIpc) is 2.77. The maximum atomic E-state index is 11.8. The molecule has 2 rings (SSSR count). The summed E-state index contributed by atoms with van der Waals surface area (Å²) >= 11 is 0. The molecule has 0 radical (unpaired) electrons. The van der Waals surface area contributed by atoms with E-state index in [0.29, 0.717) is 6.42 Å². The summed E-state index contributed by atoms with van der Waals surface area (Å²) < 4.78 is 26.1. The van der Waals surface area contributed by atoms with Gasteiger partial charge in [-0.05, 0) is 12.1 Å². The number of sulfonamides is 1. The Morgan fingerprint density at radius 2 is 2.22 bits per heavy atom. The number of nitrogen functional groups attached to an aromatic ring is 1. The third-order valence-electron chi connectivity index (χ3n) is 2.32. The van der Waals surface area contributed by atoms with Crippen LogP contribution in [0.5, 0.6) is 0 Å². The summed E-state index contributed by atoms with van der Waals surface area (Å²) in [7, 11) is -3.61. The van der Waals surface area contributed by atoms with Crippen LogP contribution in [0.2, 0.25) is 0 Å². The molecule has 2 aromatic rings. The van der Waals surface area contributed by atoms with Gasteiger partial charge in [-0.15, -0.1) is 0 Å². The lowest BCUT2D eigenvalue weighted by atomic mass is 10.3. The lowest BCUT2D eigenvalue weighted by Crippen LogP contribution is -2.26. The van der Waals surface area contributed by atoms with Crippen molar-refractivity contribution in [3.63, 3.8) is 0 Å². The van der Waals surface area contributed by atoms with Crippen LogP contribution in [-0.2, 0) is 16.4 Å². The van der Waals surface area contributed by atoms with Crippen LogP contribution in [0.25, 0.3) is 0 Å². The zero-order chi connectivity index (χ0) is 13.0. The Morgan fingerprint density at radius 3 is 2.83 bits per heavy atom. The van der Waals surface area contributed by atoms with Crippen molar-refractivity contribution in [3.05, 3.63) is 36.3 Å². The molecule has 96 valence electrons. The Hall–Kier alpha value is -1.93. The lowest BCUT2D eigenvalue weighted by Gasteiger charge is -2.05. The zero-order valence-electron chi connectivity index (χ0n) is 9.50. The van der Waals surface area contributed by atoms with Crippen LogP contribution in [0.1, 0.15) is 5.69 Å². The molecule has 0 aliphatic heterocycles. The van der Waals surface area contributed by atoms with Crippen LogP contribution in [0.4, 0.5) is 5.82 Å². The molecule has 0 aliphatic rings. The zero-order valence-corrected chi connectivity index (χ0v) is 10.3. The van der Waals surface area contributed by atoms with Crippen molar-refractivity contribution in [2.75, 3.05) is 12.3 Å². The molecule has 0 saturated carbocycles. The Labute approximate surface area is 104 Å². The second-order valence-corrected chi connectivity index (χ2v) is 5.35. The number of aromatic nitrogens is 3. The molecule has 0 saturated heterocycles. The number of anilines is 1. The van der Waals surface area contributed by atoms with Gasteiger partial charge in [-0.1, -0.05) is 6.07 Å². The van der Waals surface area contributed by atoms with Crippen LogP contribution < -0.4 is 10.5 Å². The highest BCUT2D eigenvalue weighted by Crippen LogP contribution is 2.13. The first-order valence-electron chi connectivity index (χ1n) is 5.28. The van der Waals surface area contributed by atoms with Crippen molar-refractivity contribution in [1.29, 1.82) is 0 Å². The van der Waals surface area contributed by atoms with Gasteiger partial charge in [0.2, 0.25) is 10.0 Å². The standard InChI is InChI=1S/C10H13N5O2S/c11-10-9(7-13-15-10)18(16,17)14-6-4-8-3-1-2-5-12-8/h1-3,5,7,14H,4,6H2,(H3,11,13,15). The van der Waals surface area contributed by atoms with Crippen molar-refractivity contribution in [2.45, 2.75) is 11.3 Å². The summed E-state index contributed by atoms with van der Waals surface area (Å²) in [6, 6.07) is 5.49.